The first-order valence-corrected chi connectivity index (χ1v) is 11.6. The zero-order chi connectivity index (χ0) is 26.2. The Hall–Kier alpha value is -4.05. The standard InChI is InChI=1S/C28H26O9/c1-33-28-22(29)24(37-27(32)20-15-9-4-10-16-20)23(36-26(31)19-13-7-3-8-14-19)21(35-28)17-34-25(30)18-11-5-2-6-12-18/h2-16,21-24,28-29H,17H2,1H3/t21-,22-,23-,24-,28+/m1/s1. The average Bonchev–Trinajstić information content (AvgIpc) is 2.95. The Balaban J connectivity index is 1.60. The zero-order valence-corrected chi connectivity index (χ0v) is 20.0. The van der Waals surface area contributed by atoms with Gasteiger partial charge in [0, 0.05) is 7.11 Å². The first-order chi connectivity index (χ1) is 18.0. The maximum atomic E-state index is 12.9. The minimum absolute atomic E-state index is 0.232. The molecule has 1 heterocycles. The fourth-order valence-electron chi connectivity index (χ4n) is 3.85. The molecule has 1 saturated heterocycles. The molecule has 0 aliphatic carbocycles. The molecule has 1 N–H and O–H groups in total. The van der Waals surface area contributed by atoms with Gasteiger partial charge < -0.3 is 28.8 Å². The Morgan fingerprint density at radius 2 is 1.14 bits per heavy atom. The van der Waals surface area contributed by atoms with Crippen molar-refractivity contribution in [3.63, 3.8) is 0 Å². The van der Waals surface area contributed by atoms with Crippen LogP contribution in [0, 0.1) is 0 Å². The highest BCUT2D eigenvalue weighted by Gasteiger charge is 2.50. The third kappa shape index (κ3) is 6.39. The summed E-state index contributed by atoms with van der Waals surface area (Å²) in [5, 5.41) is 10.9. The molecule has 192 valence electrons. The molecule has 0 saturated carbocycles. The van der Waals surface area contributed by atoms with Crippen LogP contribution in [-0.2, 0) is 23.7 Å². The van der Waals surface area contributed by atoms with E-state index < -0.39 is 48.6 Å². The van der Waals surface area contributed by atoms with Gasteiger partial charge in [0.25, 0.3) is 0 Å². The van der Waals surface area contributed by atoms with Crippen LogP contribution in [0.2, 0.25) is 0 Å². The van der Waals surface area contributed by atoms with Gasteiger partial charge in [-0.2, -0.15) is 0 Å². The molecule has 0 radical (unpaired) electrons. The van der Waals surface area contributed by atoms with Crippen LogP contribution in [0.15, 0.2) is 91.0 Å². The van der Waals surface area contributed by atoms with Crippen molar-refractivity contribution in [1.29, 1.82) is 0 Å². The van der Waals surface area contributed by atoms with Gasteiger partial charge in [0.1, 0.15) is 18.8 Å². The first kappa shape index (κ1) is 26.0. The van der Waals surface area contributed by atoms with Crippen LogP contribution in [0.25, 0.3) is 0 Å². The van der Waals surface area contributed by atoms with Crippen molar-refractivity contribution in [1.82, 2.24) is 0 Å². The predicted molar refractivity (Wildman–Crippen MR) is 130 cm³/mol. The van der Waals surface area contributed by atoms with Crippen molar-refractivity contribution < 1.29 is 43.2 Å². The Morgan fingerprint density at radius 3 is 1.59 bits per heavy atom. The summed E-state index contributed by atoms with van der Waals surface area (Å²) in [4.78, 5) is 38.4. The summed E-state index contributed by atoms with van der Waals surface area (Å²) in [7, 11) is 1.30. The van der Waals surface area contributed by atoms with E-state index in [1.165, 1.54) is 7.11 Å². The lowest BCUT2D eigenvalue weighted by Crippen LogP contribution is -2.61. The Morgan fingerprint density at radius 1 is 0.703 bits per heavy atom. The second kappa shape index (κ2) is 12.3. The summed E-state index contributed by atoms with van der Waals surface area (Å²) >= 11 is 0. The number of esters is 3. The number of aliphatic hydroxyl groups is 1. The van der Waals surface area contributed by atoms with Crippen molar-refractivity contribution >= 4 is 17.9 Å². The summed E-state index contributed by atoms with van der Waals surface area (Å²) in [5.74, 6) is -2.12. The molecule has 4 rings (SSSR count). The number of ether oxygens (including phenoxy) is 5. The van der Waals surface area contributed by atoms with E-state index in [9.17, 15) is 19.5 Å². The summed E-state index contributed by atoms with van der Waals surface area (Å²) < 4.78 is 27.8. The van der Waals surface area contributed by atoms with Gasteiger partial charge in [-0.1, -0.05) is 54.6 Å². The molecule has 1 fully saturated rings. The predicted octanol–water partition coefficient (Wildman–Crippen LogP) is 3.03. The Kier molecular flexibility index (Phi) is 8.63. The molecule has 0 unspecified atom stereocenters. The second-order valence-corrected chi connectivity index (χ2v) is 8.21. The van der Waals surface area contributed by atoms with Crippen molar-refractivity contribution in [3.05, 3.63) is 108 Å². The smallest absolute Gasteiger partial charge is 0.338 e. The highest BCUT2D eigenvalue weighted by Crippen LogP contribution is 2.28. The number of carbonyl (C=O) groups is 3. The summed E-state index contributed by atoms with van der Waals surface area (Å²) in [6, 6.07) is 24.6. The van der Waals surface area contributed by atoms with Crippen molar-refractivity contribution in [2.45, 2.75) is 30.7 Å². The largest absolute Gasteiger partial charge is 0.459 e. The molecule has 5 atom stereocenters. The first-order valence-electron chi connectivity index (χ1n) is 11.6. The van der Waals surface area contributed by atoms with E-state index in [2.05, 4.69) is 0 Å². The number of hydrogen-bond acceptors (Lipinski definition) is 9. The average molecular weight is 507 g/mol. The van der Waals surface area contributed by atoms with Crippen LogP contribution < -0.4 is 0 Å². The molecule has 3 aromatic carbocycles. The maximum Gasteiger partial charge on any atom is 0.338 e. The van der Waals surface area contributed by atoms with Gasteiger partial charge in [-0.05, 0) is 36.4 Å². The monoisotopic (exact) mass is 506 g/mol. The van der Waals surface area contributed by atoms with Crippen molar-refractivity contribution in [2.75, 3.05) is 13.7 Å². The van der Waals surface area contributed by atoms with Gasteiger partial charge in [0.15, 0.2) is 18.5 Å². The fourth-order valence-corrected chi connectivity index (χ4v) is 3.85. The molecule has 9 nitrogen and oxygen atoms in total. The van der Waals surface area contributed by atoms with Crippen LogP contribution in [0.3, 0.4) is 0 Å². The van der Waals surface area contributed by atoms with E-state index in [0.29, 0.717) is 5.56 Å². The van der Waals surface area contributed by atoms with Crippen LogP contribution >= 0.6 is 0 Å². The van der Waals surface area contributed by atoms with Gasteiger partial charge in [-0.3, -0.25) is 0 Å². The van der Waals surface area contributed by atoms with Gasteiger partial charge in [0.05, 0.1) is 16.7 Å². The SMILES string of the molecule is CO[C@H]1O[C@H](COC(=O)c2ccccc2)[C@@H](OC(=O)c2ccccc2)[C@H](OC(=O)c2ccccc2)[C@H]1O. The number of aliphatic hydroxyl groups excluding tert-OH is 1. The fraction of sp³-hybridized carbons (Fsp3) is 0.250. The van der Waals surface area contributed by atoms with E-state index in [-0.39, 0.29) is 17.7 Å². The molecule has 0 amide bonds. The molecule has 1 aliphatic rings. The molecule has 1 aliphatic heterocycles. The number of carbonyl (C=O) groups excluding carboxylic acids is 3. The minimum Gasteiger partial charge on any atom is -0.459 e. The lowest BCUT2D eigenvalue weighted by molar-refractivity contribution is -0.292. The third-order valence-corrected chi connectivity index (χ3v) is 5.74. The van der Waals surface area contributed by atoms with E-state index >= 15 is 0 Å². The van der Waals surface area contributed by atoms with Crippen LogP contribution in [0.5, 0.6) is 0 Å². The summed E-state index contributed by atoms with van der Waals surface area (Å²) in [5.41, 5.74) is 0.779. The zero-order valence-electron chi connectivity index (χ0n) is 20.0. The van der Waals surface area contributed by atoms with Gasteiger partial charge >= 0.3 is 17.9 Å². The molecule has 3 aromatic rings. The third-order valence-electron chi connectivity index (χ3n) is 5.74. The van der Waals surface area contributed by atoms with Crippen LogP contribution in [0.1, 0.15) is 31.1 Å². The van der Waals surface area contributed by atoms with E-state index in [0.717, 1.165) is 0 Å². The van der Waals surface area contributed by atoms with E-state index in [4.69, 9.17) is 23.7 Å². The van der Waals surface area contributed by atoms with Crippen LogP contribution in [-0.4, -0.2) is 67.4 Å². The lowest BCUT2D eigenvalue weighted by atomic mass is 9.98. The molecule has 0 spiro atoms. The van der Waals surface area contributed by atoms with Gasteiger partial charge in [0.2, 0.25) is 0 Å². The highest BCUT2D eigenvalue weighted by molar-refractivity contribution is 5.90. The number of methoxy groups -OCH3 is 1. The highest BCUT2D eigenvalue weighted by atomic mass is 16.7. The quantitative estimate of drug-likeness (QED) is 0.363. The van der Waals surface area contributed by atoms with E-state index in [1.807, 2.05) is 0 Å². The minimum atomic E-state index is -1.51. The lowest BCUT2D eigenvalue weighted by Gasteiger charge is -2.42. The van der Waals surface area contributed by atoms with Crippen molar-refractivity contribution in [2.24, 2.45) is 0 Å². The molecular formula is C28H26O9. The molecule has 0 aromatic heterocycles. The van der Waals surface area contributed by atoms with Gasteiger partial charge in [-0.25, -0.2) is 14.4 Å². The molecule has 9 heteroatoms. The normalized spacial score (nSPS) is 23.0. The Bertz CT molecular complexity index is 1180. The van der Waals surface area contributed by atoms with E-state index in [1.54, 1.807) is 91.0 Å². The second-order valence-electron chi connectivity index (χ2n) is 8.21. The van der Waals surface area contributed by atoms with Gasteiger partial charge in [-0.15, -0.1) is 0 Å². The maximum absolute atomic E-state index is 12.9. The molecule has 0 bridgehead atoms. The van der Waals surface area contributed by atoms with Crippen LogP contribution in [0.4, 0.5) is 0 Å². The number of hydrogen-bond donors (Lipinski definition) is 1. The number of benzene rings is 3. The summed E-state index contributed by atoms with van der Waals surface area (Å²) in [6.45, 7) is -0.369. The Labute approximate surface area is 213 Å². The molecule has 37 heavy (non-hydrogen) atoms. The summed E-state index contributed by atoms with van der Waals surface area (Å²) in [6.07, 6.45) is -6.60. The number of rotatable bonds is 8. The molecular weight excluding hydrogens is 480 g/mol. The topological polar surface area (TPSA) is 118 Å². The van der Waals surface area contributed by atoms with Crippen molar-refractivity contribution in [3.8, 4) is 0 Å².